The minimum Gasteiger partial charge on any atom is -0.353 e. The Bertz CT molecular complexity index is 498. The maximum absolute atomic E-state index is 12.2. The van der Waals surface area contributed by atoms with E-state index in [1.807, 2.05) is 0 Å². The zero-order chi connectivity index (χ0) is 13.9. The van der Waals surface area contributed by atoms with Crippen molar-refractivity contribution in [2.24, 2.45) is 0 Å². The third-order valence-corrected chi connectivity index (χ3v) is 4.52. The van der Waals surface area contributed by atoms with Gasteiger partial charge in [0.25, 0.3) is 0 Å². The molecule has 0 spiro atoms. The normalized spacial score (nSPS) is 25.2. The first-order chi connectivity index (χ1) is 9.70. The molecule has 0 bridgehead atoms. The van der Waals surface area contributed by atoms with E-state index < -0.39 is 0 Å². The summed E-state index contributed by atoms with van der Waals surface area (Å²) in [7, 11) is 0. The summed E-state index contributed by atoms with van der Waals surface area (Å²) in [5.41, 5.74) is 4.08. The van der Waals surface area contributed by atoms with Crippen LogP contribution in [0.3, 0.4) is 0 Å². The Hall–Kier alpha value is -1.35. The Kier molecular flexibility index (Phi) is 4.06. The van der Waals surface area contributed by atoms with Gasteiger partial charge in [-0.1, -0.05) is 18.2 Å². The molecule has 0 saturated carbocycles. The fourth-order valence-corrected chi connectivity index (χ4v) is 3.46. The first-order valence-electron chi connectivity index (χ1n) is 7.84. The highest BCUT2D eigenvalue weighted by Gasteiger charge is 2.20. The molecule has 2 N–H and O–H groups in total. The van der Waals surface area contributed by atoms with Gasteiger partial charge in [-0.2, -0.15) is 0 Å². The van der Waals surface area contributed by atoms with Crippen molar-refractivity contribution >= 4 is 5.91 Å². The summed E-state index contributed by atoms with van der Waals surface area (Å²) in [6.45, 7) is 3.18. The third-order valence-electron chi connectivity index (χ3n) is 4.52. The van der Waals surface area contributed by atoms with Crippen molar-refractivity contribution in [1.82, 2.24) is 10.6 Å². The standard InChI is InChI=1S/C17H24N2O/c1-12-9-16(7-8-18-12)19-17(20)11-13-5-6-14-3-2-4-15(14)10-13/h5-6,10,12,16,18H,2-4,7-9,11H2,1H3,(H,19,20). The van der Waals surface area contributed by atoms with Gasteiger partial charge in [0.2, 0.25) is 5.91 Å². The number of carbonyl (C=O) groups is 1. The van der Waals surface area contributed by atoms with E-state index in [-0.39, 0.29) is 5.91 Å². The lowest BCUT2D eigenvalue weighted by molar-refractivity contribution is -0.121. The Morgan fingerprint density at radius 3 is 3.05 bits per heavy atom. The molecule has 1 heterocycles. The largest absolute Gasteiger partial charge is 0.353 e. The summed E-state index contributed by atoms with van der Waals surface area (Å²) < 4.78 is 0. The summed E-state index contributed by atoms with van der Waals surface area (Å²) in [5, 5.41) is 6.60. The molecular weight excluding hydrogens is 248 g/mol. The van der Waals surface area contributed by atoms with Crippen LogP contribution in [-0.4, -0.2) is 24.5 Å². The number of hydrogen-bond donors (Lipinski definition) is 2. The summed E-state index contributed by atoms with van der Waals surface area (Å²) in [5.74, 6) is 0.169. The summed E-state index contributed by atoms with van der Waals surface area (Å²) in [6, 6.07) is 7.40. The van der Waals surface area contributed by atoms with Crippen LogP contribution in [0.5, 0.6) is 0 Å². The minimum absolute atomic E-state index is 0.169. The molecule has 2 aliphatic rings. The van der Waals surface area contributed by atoms with Crippen LogP contribution in [0.15, 0.2) is 18.2 Å². The van der Waals surface area contributed by atoms with Crippen molar-refractivity contribution in [3.8, 4) is 0 Å². The van der Waals surface area contributed by atoms with Gasteiger partial charge < -0.3 is 10.6 Å². The van der Waals surface area contributed by atoms with Crippen molar-refractivity contribution in [2.45, 2.75) is 57.5 Å². The van der Waals surface area contributed by atoms with Crippen LogP contribution in [0.25, 0.3) is 0 Å². The lowest BCUT2D eigenvalue weighted by Crippen LogP contribution is -2.46. The maximum atomic E-state index is 12.2. The summed E-state index contributed by atoms with van der Waals surface area (Å²) in [4.78, 5) is 12.2. The Labute approximate surface area is 121 Å². The lowest BCUT2D eigenvalue weighted by Gasteiger charge is -2.28. The van der Waals surface area contributed by atoms with E-state index in [0.29, 0.717) is 18.5 Å². The highest BCUT2D eigenvalue weighted by Crippen LogP contribution is 2.23. The van der Waals surface area contributed by atoms with E-state index in [4.69, 9.17) is 0 Å². The molecule has 1 aromatic carbocycles. The summed E-state index contributed by atoms with van der Waals surface area (Å²) in [6.07, 6.45) is 6.24. The van der Waals surface area contributed by atoms with E-state index in [9.17, 15) is 4.79 Å². The number of rotatable bonds is 3. The van der Waals surface area contributed by atoms with E-state index in [0.717, 1.165) is 24.9 Å². The van der Waals surface area contributed by atoms with Crippen LogP contribution in [0, 0.1) is 0 Å². The molecule has 2 atom stereocenters. The fourth-order valence-electron chi connectivity index (χ4n) is 3.46. The molecule has 1 aliphatic carbocycles. The van der Waals surface area contributed by atoms with Crippen molar-refractivity contribution in [1.29, 1.82) is 0 Å². The fraction of sp³-hybridized carbons (Fsp3) is 0.588. The average Bonchev–Trinajstić information content (AvgIpc) is 2.86. The van der Waals surface area contributed by atoms with Crippen molar-refractivity contribution in [3.63, 3.8) is 0 Å². The Balaban J connectivity index is 1.56. The van der Waals surface area contributed by atoms with Gasteiger partial charge in [-0.3, -0.25) is 4.79 Å². The Morgan fingerprint density at radius 2 is 2.20 bits per heavy atom. The molecule has 3 nitrogen and oxygen atoms in total. The van der Waals surface area contributed by atoms with E-state index in [2.05, 4.69) is 35.8 Å². The van der Waals surface area contributed by atoms with Gasteiger partial charge in [0.1, 0.15) is 0 Å². The second-order valence-corrected chi connectivity index (χ2v) is 6.28. The van der Waals surface area contributed by atoms with Crippen LogP contribution in [0.1, 0.15) is 42.9 Å². The van der Waals surface area contributed by atoms with Crippen LogP contribution < -0.4 is 10.6 Å². The molecule has 1 aromatic rings. The zero-order valence-electron chi connectivity index (χ0n) is 12.2. The first kappa shape index (κ1) is 13.6. The number of carbonyl (C=O) groups excluding carboxylic acids is 1. The predicted octanol–water partition coefficient (Wildman–Crippen LogP) is 1.97. The third kappa shape index (κ3) is 3.21. The molecule has 108 valence electrons. The number of piperidine rings is 1. The molecule has 0 aromatic heterocycles. The number of fused-ring (bicyclic) bond motifs is 1. The average molecular weight is 272 g/mol. The van der Waals surface area contributed by atoms with Crippen LogP contribution in [0.4, 0.5) is 0 Å². The number of nitrogens with one attached hydrogen (secondary N) is 2. The molecule has 1 amide bonds. The molecule has 1 saturated heterocycles. The van der Waals surface area contributed by atoms with Gasteiger partial charge in [-0.05, 0) is 62.3 Å². The zero-order valence-corrected chi connectivity index (χ0v) is 12.2. The molecule has 0 radical (unpaired) electrons. The van der Waals surface area contributed by atoms with Crippen LogP contribution in [-0.2, 0) is 24.1 Å². The quantitative estimate of drug-likeness (QED) is 0.883. The number of benzene rings is 1. The van der Waals surface area contributed by atoms with E-state index in [1.54, 1.807) is 0 Å². The van der Waals surface area contributed by atoms with Crippen molar-refractivity contribution in [2.75, 3.05) is 6.54 Å². The summed E-state index contributed by atoms with van der Waals surface area (Å²) >= 11 is 0. The van der Waals surface area contributed by atoms with Gasteiger partial charge in [-0.15, -0.1) is 0 Å². The second kappa shape index (κ2) is 5.96. The predicted molar refractivity (Wildman–Crippen MR) is 80.8 cm³/mol. The molecule has 3 rings (SSSR count). The topological polar surface area (TPSA) is 41.1 Å². The van der Waals surface area contributed by atoms with Crippen LogP contribution in [0.2, 0.25) is 0 Å². The number of hydrogen-bond acceptors (Lipinski definition) is 2. The second-order valence-electron chi connectivity index (χ2n) is 6.28. The van der Waals surface area contributed by atoms with Gasteiger partial charge in [0, 0.05) is 12.1 Å². The molecule has 1 fully saturated rings. The maximum Gasteiger partial charge on any atom is 0.224 e. The first-order valence-corrected chi connectivity index (χ1v) is 7.84. The highest BCUT2D eigenvalue weighted by atomic mass is 16.1. The van der Waals surface area contributed by atoms with Crippen molar-refractivity contribution in [3.05, 3.63) is 34.9 Å². The van der Waals surface area contributed by atoms with Gasteiger partial charge in [0.15, 0.2) is 0 Å². The molecule has 2 unspecified atom stereocenters. The minimum atomic E-state index is 0.169. The number of aryl methyl sites for hydroxylation is 2. The Morgan fingerprint density at radius 1 is 1.35 bits per heavy atom. The van der Waals surface area contributed by atoms with Gasteiger partial charge >= 0.3 is 0 Å². The highest BCUT2D eigenvalue weighted by molar-refractivity contribution is 5.79. The van der Waals surface area contributed by atoms with E-state index >= 15 is 0 Å². The molecule has 1 aliphatic heterocycles. The van der Waals surface area contributed by atoms with Gasteiger partial charge in [-0.25, -0.2) is 0 Å². The van der Waals surface area contributed by atoms with Crippen LogP contribution >= 0.6 is 0 Å². The van der Waals surface area contributed by atoms with Gasteiger partial charge in [0.05, 0.1) is 6.42 Å². The number of amides is 1. The monoisotopic (exact) mass is 272 g/mol. The smallest absolute Gasteiger partial charge is 0.224 e. The lowest BCUT2D eigenvalue weighted by atomic mass is 10.00. The molecule has 20 heavy (non-hydrogen) atoms. The van der Waals surface area contributed by atoms with Crippen molar-refractivity contribution < 1.29 is 4.79 Å². The molecular formula is C17H24N2O. The van der Waals surface area contributed by atoms with E-state index in [1.165, 1.54) is 30.4 Å². The molecule has 3 heteroatoms. The SMILES string of the molecule is CC1CC(NC(=O)Cc2ccc3c(c2)CCC3)CCN1.